The van der Waals surface area contributed by atoms with Gasteiger partial charge in [0, 0.05) is 57.9 Å². The van der Waals surface area contributed by atoms with Gasteiger partial charge in [-0.1, -0.05) is 41.4 Å². The van der Waals surface area contributed by atoms with Crippen molar-refractivity contribution < 1.29 is 19.4 Å². The second kappa shape index (κ2) is 12.8. The van der Waals surface area contributed by atoms with Gasteiger partial charge in [0.15, 0.2) is 0 Å². The van der Waals surface area contributed by atoms with Crippen LogP contribution >= 0.6 is 23.2 Å². The van der Waals surface area contributed by atoms with Crippen molar-refractivity contribution in [3.63, 3.8) is 0 Å². The lowest BCUT2D eigenvalue weighted by Crippen LogP contribution is -2.43. The molecule has 3 aromatic carbocycles. The van der Waals surface area contributed by atoms with Crippen LogP contribution in [-0.4, -0.2) is 49.2 Å². The number of amides is 1. The quantitative estimate of drug-likeness (QED) is 0.158. The van der Waals surface area contributed by atoms with Crippen molar-refractivity contribution >= 4 is 62.6 Å². The molecule has 1 atom stereocenters. The molecule has 1 amide bonds. The van der Waals surface area contributed by atoms with Gasteiger partial charge in [-0.2, -0.15) is 0 Å². The van der Waals surface area contributed by atoms with Gasteiger partial charge < -0.3 is 23.9 Å². The molecule has 7 rings (SSSR count). The highest BCUT2D eigenvalue weighted by molar-refractivity contribution is 6.35. The van der Waals surface area contributed by atoms with Crippen LogP contribution in [0, 0.1) is 27.7 Å². The summed E-state index contributed by atoms with van der Waals surface area (Å²) in [5.41, 5.74) is 9.03. The number of aryl methyl sites for hydroxylation is 6. The second-order valence-corrected chi connectivity index (χ2v) is 13.9. The average molecular weight is 711 g/mol. The summed E-state index contributed by atoms with van der Waals surface area (Å²) in [5, 5.41) is 12.8. The van der Waals surface area contributed by atoms with E-state index in [4.69, 9.17) is 27.9 Å². The van der Waals surface area contributed by atoms with Crippen LogP contribution in [0.15, 0.2) is 54.9 Å². The summed E-state index contributed by atoms with van der Waals surface area (Å²) in [5.74, 6) is -0.435. The average Bonchev–Trinajstić information content (AvgIpc) is 3.60. The Bertz CT molecular complexity index is 2330. The molecule has 4 heterocycles. The van der Waals surface area contributed by atoms with Gasteiger partial charge in [0.2, 0.25) is 0 Å². The molecule has 3 aromatic heterocycles. The Morgan fingerprint density at radius 3 is 2.36 bits per heavy atom. The zero-order valence-electron chi connectivity index (χ0n) is 28.8. The molecule has 50 heavy (non-hydrogen) atoms. The molecular weight excluding hydrogens is 673 g/mol. The van der Waals surface area contributed by atoms with Gasteiger partial charge in [0.05, 0.1) is 28.4 Å². The standard InChI is InChI=1S/C39H37Cl2N5O4/c1-20-15-26(16-21(2)34(20)41)50-14-8-10-27-28-12-13-29(40)33(32-23(4)42-19-43-24(32)5)36(28)46-22(3)18-45(38(47)37(27)46)30-11-7-9-25-17-31(39(48)49)44(6)35(25)30/h7,9,11-13,15-17,19,22H,8,10,14,18H2,1-6H3,(H,48,49)/t22-/m1/s1. The highest BCUT2D eigenvalue weighted by atomic mass is 35.5. The maximum Gasteiger partial charge on any atom is 0.352 e. The Labute approximate surface area is 300 Å². The van der Waals surface area contributed by atoms with Gasteiger partial charge in [-0.3, -0.25) is 4.79 Å². The molecular formula is C39H37Cl2N5O4. The number of carboxylic acid groups (broad SMARTS) is 1. The van der Waals surface area contributed by atoms with E-state index in [2.05, 4.69) is 21.5 Å². The molecule has 11 heteroatoms. The summed E-state index contributed by atoms with van der Waals surface area (Å²) < 4.78 is 9.97. The predicted molar refractivity (Wildman–Crippen MR) is 198 cm³/mol. The summed E-state index contributed by atoms with van der Waals surface area (Å²) in [7, 11) is 1.72. The van der Waals surface area contributed by atoms with E-state index in [0.29, 0.717) is 47.9 Å². The van der Waals surface area contributed by atoms with Crippen molar-refractivity contribution in [2.45, 2.75) is 53.5 Å². The van der Waals surface area contributed by atoms with Gasteiger partial charge >= 0.3 is 5.97 Å². The number of halogens is 2. The maximum atomic E-state index is 15.0. The number of fused-ring (bicyclic) bond motifs is 4. The van der Waals surface area contributed by atoms with Crippen LogP contribution in [0.4, 0.5) is 5.69 Å². The van der Waals surface area contributed by atoms with Crippen molar-refractivity contribution in [1.29, 1.82) is 0 Å². The van der Waals surface area contributed by atoms with Gasteiger partial charge in [-0.05, 0) is 94.5 Å². The minimum atomic E-state index is -1.03. The third-order valence-electron chi connectivity index (χ3n) is 9.83. The number of para-hydroxylation sites is 1. The lowest BCUT2D eigenvalue weighted by Gasteiger charge is -2.35. The van der Waals surface area contributed by atoms with E-state index >= 15 is 0 Å². The first-order chi connectivity index (χ1) is 23.9. The molecule has 9 nitrogen and oxygen atoms in total. The van der Waals surface area contributed by atoms with E-state index in [9.17, 15) is 14.7 Å². The highest BCUT2D eigenvalue weighted by Crippen LogP contribution is 2.45. The predicted octanol–water partition coefficient (Wildman–Crippen LogP) is 9.06. The summed E-state index contributed by atoms with van der Waals surface area (Å²) in [6, 6.07) is 14.9. The van der Waals surface area contributed by atoms with E-state index in [1.165, 1.54) is 0 Å². The Kier molecular flexibility index (Phi) is 8.60. The summed E-state index contributed by atoms with van der Waals surface area (Å²) >= 11 is 13.4. The summed E-state index contributed by atoms with van der Waals surface area (Å²) in [6.45, 7) is 10.7. The number of carboxylic acids is 1. The van der Waals surface area contributed by atoms with Crippen molar-refractivity contribution in [3.05, 3.63) is 104 Å². The van der Waals surface area contributed by atoms with Crippen LogP contribution in [0.5, 0.6) is 5.75 Å². The monoisotopic (exact) mass is 709 g/mol. The first kappa shape index (κ1) is 33.6. The molecule has 0 fully saturated rings. The number of carbonyl (C=O) groups excluding carboxylic acids is 1. The van der Waals surface area contributed by atoms with E-state index in [-0.39, 0.29) is 17.6 Å². The number of nitrogens with zero attached hydrogens (tertiary/aromatic N) is 5. The topological polar surface area (TPSA) is 102 Å². The van der Waals surface area contributed by atoms with Gasteiger partial charge in [0.25, 0.3) is 5.91 Å². The Balaban J connectivity index is 1.38. The highest BCUT2D eigenvalue weighted by Gasteiger charge is 2.37. The minimum absolute atomic E-state index is 0.154. The zero-order valence-corrected chi connectivity index (χ0v) is 30.3. The van der Waals surface area contributed by atoms with E-state index < -0.39 is 5.97 Å². The molecule has 0 radical (unpaired) electrons. The Morgan fingerprint density at radius 2 is 1.68 bits per heavy atom. The van der Waals surface area contributed by atoms with Crippen molar-refractivity contribution in [3.8, 4) is 16.9 Å². The largest absolute Gasteiger partial charge is 0.494 e. The number of aromatic nitrogens is 4. The molecule has 0 saturated heterocycles. The summed E-state index contributed by atoms with van der Waals surface area (Å²) in [6.07, 6.45) is 2.77. The first-order valence-electron chi connectivity index (χ1n) is 16.6. The fraction of sp³-hybridized carbons (Fsp3) is 0.282. The number of carbonyl (C=O) groups is 2. The number of hydrogen-bond acceptors (Lipinski definition) is 5. The van der Waals surface area contributed by atoms with E-state index in [0.717, 1.165) is 66.3 Å². The van der Waals surface area contributed by atoms with Crippen LogP contribution in [0.25, 0.3) is 32.9 Å². The van der Waals surface area contributed by atoms with Crippen LogP contribution in [0.3, 0.4) is 0 Å². The number of aromatic carboxylic acids is 1. The lowest BCUT2D eigenvalue weighted by atomic mass is 9.97. The molecule has 6 aromatic rings. The van der Waals surface area contributed by atoms with Crippen LogP contribution in [0.1, 0.15) is 68.4 Å². The molecule has 1 N–H and O–H groups in total. The van der Waals surface area contributed by atoms with Gasteiger partial charge in [-0.15, -0.1) is 0 Å². The number of benzene rings is 3. The molecule has 1 aliphatic heterocycles. The van der Waals surface area contributed by atoms with Crippen molar-refractivity contribution in [1.82, 2.24) is 19.1 Å². The maximum absolute atomic E-state index is 15.0. The Morgan fingerprint density at radius 1 is 0.980 bits per heavy atom. The SMILES string of the molecule is Cc1cc(OCCCc2c3n(c4c(-c5c(C)ncnc5C)c(Cl)ccc24)[C@H](C)CN(c2cccc4cc(C(=O)O)n(C)c24)C3=O)cc(C)c1Cl. The van der Waals surface area contributed by atoms with Gasteiger partial charge in [-0.25, -0.2) is 14.8 Å². The molecule has 0 spiro atoms. The fourth-order valence-electron chi connectivity index (χ4n) is 7.57. The van der Waals surface area contributed by atoms with Crippen molar-refractivity contribution in [2.75, 3.05) is 18.1 Å². The minimum Gasteiger partial charge on any atom is -0.494 e. The molecule has 0 aliphatic carbocycles. The first-order valence-corrected chi connectivity index (χ1v) is 17.3. The number of anilines is 1. The smallest absolute Gasteiger partial charge is 0.352 e. The van der Waals surface area contributed by atoms with Gasteiger partial charge in [0.1, 0.15) is 23.5 Å². The van der Waals surface area contributed by atoms with Crippen LogP contribution in [0.2, 0.25) is 10.0 Å². The molecule has 0 bridgehead atoms. The number of hydrogen-bond donors (Lipinski definition) is 1. The third-order valence-corrected chi connectivity index (χ3v) is 10.7. The van der Waals surface area contributed by atoms with Crippen LogP contribution in [-0.2, 0) is 13.5 Å². The zero-order chi connectivity index (χ0) is 35.6. The Hall–Kier alpha value is -4.86. The molecule has 0 saturated carbocycles. The lowest BCUT2D eigenvalue weighted by molar-refractivity contribution is 0.0687. The van der Waals surface area contributed by atoms with E-state index in [1.807, 2.05) is 70.2 Å². The molecule has 0 unspecified atom stereocenters. The third kappa shape index (κ3) is 5.40. The van der Waals surface area contributed by atoms with Crippen molar-refractivity contribution in [2.24, 2.45) is 7.05 Å². The summed E-state index contributed by atoms with van der Waals surface area (Å²) in [4.78, 5) is 37.8. The molecule has 256 valence electrons. The van der Waals surface area contributed by atoms with Crippen LogP contribution < -0.4 is 9.64 Å². The second-order valence-electron chi connectivity index (χ2n) is 13.1. The molecule has 1 aliphatic rings. The van der Waals surface area contributed by atoms with E-state index in [1.54, 1.807) is 28.9 Å². The normalized spacial score (nSPS) is 14.5. The number of ether oxygens (including phenoxy) is 1. The number of rotatable bonds is 8. The fourth-order valence-corrected chi connectivity index (χ4v) is 7.93.